The first-order valence-electron chi connectivity index (χ1n) is 5.79. The number of methoxy groups -OCH3 is 1. The van der Waals surface area contributed by atoms with E-state index < -0.39 is 0 Å². The highest BCUT2D eigenvalue weighted by molar-refractivity contribution is 4.71. The average Bonchev–Trinajstić information content (AvgIpc) is 2.14. The van der Waals surface area contributed by atoms with Gasteiger partial charge in [0.1, 0.15) is 0 Å². The molecule has 0 aromatic heterocycles. The van der Waals surface area contributed by atoms with Crippen LogP contribution in [0.4, 0.5) is 0 Å². The van der Waals surface area contributed by atoms with Crippen LogP contribution in [0.3, 0.4) is 0 Å². The topological polar surface area (TPSA) is 30.5 Å². The molecule has 15 heavy (non-hydrogen) atoms. The van der Waals surface area contributed by atoms with Gasteiger partial charge < -0.3 is 14.8 Å². The van der Waals surface area contributed by atoms with E-state index in [1.807, 2.05) is 0 Å². The van der Waals surface area contributed by atoms with Crippen molar-refractivity contribution in [2.75, 3.05) is 33.4 Å². The summed E-state index contributed by atoms with van der Waals surface area (Å²) in [4.78, 5) is 0. The number of rotatable bonds is 9. The van der Waals surface area contributed by atoms with Crippen LogP contribution in [0.25, 0.3) is 0 Å². The van der Waals surface area contributed by atoms with Gasteiger partial charge in [0.2, 0.25) is 0 Å². The fraction of sp³-hybridized carbons (Fsp3) is 1.00. The predicted octanol–water partition coefficient (Wildman–Crippen LogP) is 2.06. The molecular formula is C12H27NO2. The van der Waals surface area contributed by atoms with Crippen LogP contribution in [0, 0.1) is 5.41 Å². The molecule has 0 bridgehead atoms. The van der Waals surface area contributed by atoms with Crippen molar-refractivity contribution in [2.45, 2.75) is 40.2 Å². The molecule has 92 valence electrons. The first-order valence-corrected chi connectivity index (χ1v) is 5.79. The Hall–Kier alpha value is -0.120. The lowest BCUT2D eigenvalue weighted by molar-refractivity contribution is 0.0785. The second-order valence-electron chi connectivity index (χ2n) is 5.00. The molecule has 1 N–H and O–H groups in total. The summed E-state index contributed by atoms with van der Waals surface area (Å²) in [5.74, 6) is 0. The predicted molar refractivity (Wildman–Crippen MR) is 64.2 cm³/mol. The smallest absolute Gasteiger partial charge is 0.0594 e. The van der Waals surface area contributed by atoms with Gasteiger partial charge in [0.25, 0.3) is 0 Å². The highest BCUT2D eigenvalue weighted by atomic mass is 16.5. The lowest BCUT2D eigenvalue weighted by atomic mass is 9.90. The molecule has 0 radical (unpaired) electrons. The molecule has 0 aliphatic rings. The van der Waals surface area contributed by atoms with Gasteiger partial charge in [0.15, 0.2) is 0 Å². The van der Waals surface area contributed by atoms with E-state index in [1.165, 1.54) is 0 Å². The van der Waals surface area contributed by atoms with Crippen molar-refractivity contribution in [1.29, 1.82) is 0 Å². The number of nitrogens with one attached hydrogen (secondary N) is 1. The van der Waals surface area contributed by atoms with E-state index in [-0.39, 0.29) is 0 Å². The van der Waals surface area contributed by atoms with Crippen LogP contribution >= 0.6 is 0 Å². The van der Waals surface area contributed by atoms with Gasteiger partial charge in [0, 0.05) is 26.8 Å². The van der Waals surface area contributed by atoms with Crippen LogP contribution in [0.2, 0.25) is 0 Å². The fourth-order valence-corrected chi connectivity index (χ4v) is 1.26. The molecule has 0 spiro atoms. The fourth-order valence-electron chi connectivity index (χ4n) is 1.26. The van der Waals surface area contributed by atoms with Crippen molar-refractivity contribution in [3.8, 4) is 0 Å². The average molecular weight is 217 g/mol. The summed E-state index contributed by atoms with van der Waals surface area (Å²) in [7, 11) is 1.75. The maximum atomic E-state index is 5.45. The zero-order chi connectivity index (χ0) is 11.7. The van der Waals surface area contributed by atoms with Crippen LogP contribution < -0.4 is 5.32 Å². The molecule has 0 saturated heterocycles. The molecule has 0 aliphatic heterocycles. The molecule has 0 aromatic carbocycles. The number of ether oxygens (including phenoxy) is 2. The molecule has 0 saturated carbocycles. The summed E-state index contributed by atoms with van der Waals surface area (Å²) in [6.45, 7) is 12.2. The summed E-state index contributed by atoms with van der Waals surface area (Å²) < 4.78 is 10.5. The minimum atomic E-state index is 0.299. The highest BCUT2D eigenvalue weighted by Gasteiger charge is 2.16. The summed E-state index contributed by atoms with van der Waals surface area (Å²) in [6, 6.07) is 0. The lowest BCUT2D eigenvalue weighted by Crippen LogP contribution is -2.32. The van der Waals surface area contributed by atoms with E-state index in [9.17, 15) is 0 Å². The van der Waals surface area contributed by atoms with E-state index in [0.29, 0.717) is 11.5 Å². The van der Waals surface area contributed by atoms with Crippen LogP contribution in [0.1, 0.15) is 34.1 Å². The Morgan fingerprint density at radius 2 is 1.87 bits per heavy atom. The Morgan fingerprint density at radius 1 is 1.20 bits per heavy atom. The van der Waals surface area contributed by atoms with E-state index in [1.54, 1.807) is 7.11 Å². The molecule has 0 fully saturated rings. The van der Waals surface area contributed by atoms with Crippen LogP contribution in [-0.2, 0) is 9.47 Å². The largest absolute Gasteiger partial charge is 0.385 e. The summed E-state index contributed by atoms with van der Waals surface area (Å²) in [6.07, 6.45) is 1.41. The minimum absolute atomic E-state index is 0.299. The molecule has 0 amide bonds. The van der Waals surface area contributed by atoms with Gasteiger partial charge in [-0.05, 0) is 25.7 Å². The maximum absolute atomic E-state index is 5.45. The molecule has 3 nitrogen and oxygen atoms in total. The third kappa shape index (κ3) is 10.2. The second kappa shape index (κ2) is 8.08. The molecular weight excluding hydrogens is 190 g/mol. The van der Waals surface area contributed by atoms with Crippen molar-refractivity contribution >= 4 is 0 Å². The third-order valence-corrected chi connectivity index (χ3v) is 2.32. The van der Waals surface area contributed by atoms with E-state index >= 15 is 0 Å². The van der Waals surface area contributed by atoms with E-state index in [2.05, 4.69) is 33.0 Å². The Kier molecular flexibility index (Phi) is 8.02. The molecule has 3 heteroatoms. The summed E-state index contributed by atoms with van der Waals surface area (Å²) in [5, 5.41) is 3.41. The quantitative estimate of drug-likeness (QED) is 0.600. The molecule has 0 atom stereocenters. The first-order chi connectivity index (χ1) is 6.98. The normalized spacial score (nSPS) is 12.4. The SMILES string of the molecule is COCCC(C)(C)CNCCOC(C)C. The van der Waals surface area contributed by atoms with Crippen molar-refractivity contribution in [3.05, 3.63) is 0 Å². The Morgan fingerprint density at radius 3 is 2.40 bits per heavy atom. The Labute approximate surface area is 94.5 Å². The molecule has 0 aromatic rings. The summed E-state index contributed by atoms with van der Waals surface area (Å²) in [5.41, 5.74) is 0.299. The molecule has 0 unspecified atom stereocenters. The van der Waals surface area contributed by atoms with Gasteiger partial charge in [-0.3, -0.25) is 0 Å². The van der Waals surface area contributed by atoms with E-state index in [0.717, 1.165) is 32.7 Å². The van der Waals surface area contributed by atoms with Gasteiger partial charge in [-0.1, -0.05) is 13.8 Å². The zero-order valence-corrected chi connectivity index (χ0v) is 10.9. The Balaban J connectivity index is 3.40. The van der Waals surface area contributed by atoms with Crippen molar-refractivity contribution in [1.82, 2.24) is 5.32 Å². The van der Waals surface area contributed by atoms with Gasteiger partial charge in [-0.25, -0.2) is 0 Å². The first kappa shape index (κ1) is 14.9. The monoisotopic (exact) mass is 217 g/mol. The third-order valence-electron chi connectivity index (χ3n) is 2.32. The van der Waals surface area contributed by atoms with Crippen LogP contribution in [0.5, 0.6) is 0 Å². The van der Waals surface area contributed by atoms with Crippen molar-refractivity contribution in [2.24, 2.45) is 5.41 Å². The highest BCUT2D eigenvalue weighted by Crippen LogP contribution is 2.18. The maximum Gasteiger partial charge on any atom is 0.0594 e. The zero-order valence-electron chi connectivity index (χ0n) is 10.9. The Bertz CT molecular complexity index is 147. The van der Waals surface area contributed by atoms with Crippen molar-refractivity contribution < 1.29 is 9.47 Å². The number of hydrogen-bond donors (Lipinski definition) is 1. The van der Waals surface area contributed by atoms with Gasteiger partial charge in [-0.15, -0.1) is 0 Å². The molecule has 0 aliphatic carbocycles. The molecule has 0 rings (SSSR count). The van der Waals surface area contributed by atoms with Gasteiger partial charge in [0.05, 0.1) is 12.7 Å². The van der Waals surface area contributed by atoms with Crippen LogP contribution in [-0.4, -0.2) is 39.5 Å². The standard InChI is InChI=1S/C12H27NO2/c1-11(2)15-9-7-13-10-12(3,4)6-8-14-5/h11,13H,6-10H2,1-5H3. The summed E-state index contributed by atoms with van der Waals surface area (Å²) >= 11 is 0. The second-order valence-corrected chi connectivity index (χ2v) is 5.00. The van der Waals surface area contributed by atoms with Gasteiger partial charge in [-0.2, -0.15) is 0 Å². The van der Waals surface area contributed by atoms with Gasteiger partial charge >= 0.3 is 0 Å². The minimum Gasteiger partial charge on any atom is -0.385 e. The molecule has 0 heterocycles. The lowest BCUT2D eigenvalue weighted by Gasteiger charge is -2.24. The number of hydrogen-bond acceptors (Lipinski definition) is 3. The van der Waals surface area contributed by atoms with E-state index in [4.69, 9.17) is 9.47 Å². The van der Waals surface area contributed by atoms with Crippen LogP contribution in [0.15, 0.2) is 0 Å². The van der Waals surface area contributed by atoms with Crippen molar-refractivity contribution in [3.63, 3.8) is 0 Å².